The molecule has 0 heterocycles. The van der Waals surface area contributed by atoms with E-state index in [1.54, 1.807) is 31.1 Å². The van der Waals surface area contributed by atoms with Gasteiger partial charge >= 0.3 is 0 Å². The molecule has 1 rings (SSSR count). The first kappa shape index (κ1) is 16.2. The minimum Gasteiger partial charge on any atom is -0.349 e. The van der Waals surface area contributed by atoms with E-state index in [9.17, 15) is 9.59 Å². The fraction of sp³-hybridized carbons (Fsp3) is 0.467. The van der Waals surface area contributed by atoms with E-state index in [-0.39, 0.29) is 17.7 Å². The molecular weight excluding hydrogens is 254 g/mol. The van der Waals surface area contributed by atoms with Gasteiger partial charge in [0.2, 0.25) is 11.8 Å². The molecular formula is C15H23N3O2. The van der Waals surface area contributed by atoms with Crippen molar-refractivity contribution in [3.05, 3.63) is 29.8 Å². The lowest BCUT2D eigenvalue weighted by Crippen LogP contribution is -2.39. The lowest BCUT2D eigenvalue weighted by Gasteiger charge is -2.15. The summed E-state index contributed by atoms with van der Waals surface area (Å²) in [7, 11) is 3.45. The number of carbonyl (C=O) groups excluding carboxylic acids is 2. The van der Waals surface area contributed by atoms with Gasteiger partial charge in [0.1, 0.15) is 0 Å². The van der Waals surface area contributed by atoms with Crippen molar-refractivity contribution in [1.29, 1.82) is 0 Å². The van der Waals surface area contributed by atoms with Gasteiger partial charge in [0.25, 0.3) is 0 Å². The molecule has 2 amide bonds. The number of rotatable bonds is 5. The van der Waals surface area contributed by atoms with Crippen molar-refractivity contribution >= 4 is 17.5 Å². The second-order valence-electron chi connectivity index (χ2n) is 5.42. The summed E-state index contributed by atoms with van der Waals surface area (Å²) >= 11 is 0. The van der Waals surface area contributed by atoms with Gasteiger partial charge in [0.15, 0.2) is 0 Å². The zero-order valence-electron chi connectivity index (χ0n) is 12.5. The fourth-order valence-corrected chi connectivity index (χ4v) is 1.57. The molecule has 1 atom stereocenters. The zero-order valence-corrected chi connectivity index (χ0v) is 12.5. The number of nitrogens with one attached hydrogen (secondary N) is 1. The number of hydrogen-bond acceptors (Lipinski definition) is 3. The van der Waals surface area contributed by atoms with Crippen LogP contribution in [-0.4, -0.2) is 36.9 Å². The van der Waals surface area contributed by atoms with Gasteiger partial charge in [-0.05, 0) is 23.6 Å². The number of likely N-dealkylation sites (N-methyl/N-ethyl adjacent to an activating group) is 1. The molecule has 0 unspecified atom stereocenters. The highest BCUT2D eigenvalue weighted by molar-refractivity contribution is 5.94. The Hall–Kier alpha value is -1.88. The summed E-state index contributed by atoms with van der Waals surface area (Å²) in [6.45, 7) is 3.81. The van der Waals surface area contributed by atoms with E-state index in [1.807, 2.05) is 26.0 Å². The van der Waals surface area contributed by atoms with Crippen LogP contribution in [0, 0.1) is 5.92 Å². The van der Waals surface area contributed by atoms with E-state index in [2.05, 4.69) is 5.32 Å². The Labute approximate surface area is 120 Å². The van der Waals surface area contributed by atoms with E-state index in [0.717, 1.165) is 5.56 Å². The second kappa shape index (κ2) is 7.05. The molecule has 0 aromatic heterocycles. The van der Waals surface area contributed by atoms with Gasteiger partial charge < -0.3 is 16.0 Å². The molecule has 0 saturated carbocycles. The molecule has 1 aromatic carbocycles. The van der Waals surface area contributed by atoms with Gasteiger partial charge in [-0.1, -0.05) is 26.0 Å². The van der Waals surface area contributed by atoms with Crippen LogP contribution in [0.25, 0.3) is 0 Å². The Bertz CT molecular complexity index is 467. The van der Waals surface area contributed by atoms with Crippen LogP contribution in [0.15, 0.2) is 24.3 Å². The van der Waals surface area contributed by atoms with Crippen molar-refractivity contribution in [2.24, 2.45) is 11.7 Å². The molecule has 5 heteroatoms. The monoisotopic (exact) mass is 277 g/mol. The van der Waals surface area contributed by atoms with E-state index in [0.29, 0.717) is 12.1 Å². The first-order valence-corrected chi connectivity index (χ1v) is 6.66. The third kappa shape index (κ3) is 4.66. The highest BCUT2D eigenvalue weighted by atomic mass is 16.2. The Balaban J connectivity index is 2.63. The Morgan fingerprint density at radius 2 is 1.75 bits per heavy atom. The molecule has 0 aliphatic heterocycles. The van der Waals surface area contributed by atoms with E-state index in [1.165, 1.54) is 0 Å². The molecule has 0 aliphatic rings. The molecule has 1 aromatic rings. The van der Waals surface area contributed by atoms with Crippen molar-refractivity contribution in [2.45, 2.75) is 26.3 Å². The maximum absolute atomic E-state index is 11.8. The third-order valence-electron chi connectivity index (χ3n) is 3.10. The third-order valence-corrected chi connectivity index (χ3v) is 3.10. The van der Waals surface area contributed by atoms with Crippen LogP contribution in [0.4, 0.5) is 5.69 Å². The summed E-state index contributed by atoms with van der Waals surface area (Å²) in [5.74, 6) is -0.0623. The van der Waals surface area contributed by atoms with Crippen molar-refractivity contribution in [2.75, 3.05) is 19.4 Å². The molecule has 0 bridgehead atoms. The van der Waals surface area contributed by atoms with Gasteiger partial charge in [-0.15, -0.1) is 0 Å². The summed E-state index contributed by atoms with van der Waals surface area (Å²) < 4.78 is 0. The maximum atomic E-state index is 11.8. The number of benzene rings is 1. The molecule has 110 valence electrons. The summed E-state index contributed by atoms with van der Waals surface area (Å²) in [4.78, 5) is 24.9. The Morgan fingerprint density at radius 3 is 2.20 bits per heavy atom. The average molecular weight is 277 g/mol. The average Bonchev–Trinajstić information content (AvgIpc) is 2.39. The van der Waals surface area contributed by atoms with Gasteiger partial charge in [-0.2, -0.15) is 0 Å². The van der Waals surface area contributed by atoms with Crippen LogP contribution in [0.5, 0.6) is 0 Å². The molecule has 0 fully saturated rings. The van der Waals surface area contributed by atoms with E-state index in [4.69, 9.17) is 5.73 Å². The normalized spacial score (nSPS) is 12.1. The lowest BCUT2D eigenvalue weighted by atomic mass is 10.0. The Morgan fingerprint density at radius 1 is 1.20 bits per heavy atom. The van der Waals surface area contributed by atoms with Gasteiger partial charge in [-0.25, -0.2) is 0 Å². The molecule has 0 spiro atoms. The lowest BCUT2D eigenvalue weighted by molar-refractivity contribution is -0.128. The highest BCUT2D eigenvalue weighted by Gasteiger charge is 2.17. The highest BCUT2D eigenvalue weighted by Crippen LogP contribution is 2.12. The van der Waals surface area contributed by atoms with Crippen molar-refractivity contribution < 1.29 is 9.59 Å². The predicted octanol–water partition coefficient (Wildman–Crippen LogP) is 1.24. The van der Waals surface area contributed by atoms with Gasteiger partial charge in [0.05, 0.1) is 12.5 Å². The summed E-state index contributed by atoms with van der Waals surface area (Å²) in [6.07, 6.45) is 0.354. The van der Waals surface area contributed by atoms with Gasteiger partial charge in [0, 0.05) is 19.8 Å². The quantitative estimate of drug-likeness (QED) is 0.850. The molecule has 20 heavy (non-hydrogen) atoms. The molecule has 3 N–H and O–H groups in total. The summed E-state index contributed by atoms with van der Waals surface area (Å²) in [5, 5.41) is 2.77. The fourth-order valence-electron chi connectivity index (χ4n) is 1.57. The summed E-state index contributed by atoms with van der Waals surface area (Å²) in [6, 6.07) is 6.70. The standard InChI is InChI=1S/C15H23N3O2/c1-10(2)14(16)15(20)17-12-7-5-11(6-8-12)9-13(19)18(3)4/h5-8,10,14H,9,16H2,1-4H3,(H,17,20)/t14-/m0/s1. The van der Waals surface area contributed by atoms with Crippen molar-refractivity contribution in [3.63, 3.8) is 0 Å². The Kier molecular flexibility index (Phi) is 5.70. The SMILES string of the molecule is CC(C)[C@H](N)C(=O)Nc1ccc(CC(=O)N(C)C)cc1. The van der Waals surface area contributed by atoms with Crippen LogP contribution < -0.4 is 11.1 Å². The number of anilines is 1. The largest absolute Gasteiger partial charge is 0.349 e. The van der Waals surface area contributed by atoms with Crippen LogP contribution in [-0.2, 0) is 16.0 Å². The van der Waals surface area contributed by atoms with Crippen LogP contribution >= 0.6 is 0 Å². The van der Waals surface area contributed by atoms with Crippen LogP contribution in [0.3, 0.4) is 0 Å². The molecule has 5 nitrogen and oxygen atoms in total. The smallest absolute Gasteiger partial charge is 0.241 e. The minimum absolute atomic E-state index is 0.0450. The predicted molar refractivity (Wildman–Crippen MR) is 80.3 cm³/mol. The summed E-state index contributed by atoms with van der Waals surface area (Å²) in [5.41, 5.74) is 7.37. The minimum atomic E-state index is -0.523. The van der Waals surface area contributed by atoms with Gasteiger partial charge in [-0.3, -0.25) is 9.59 Å². The topological polar surface area (TPSA) is 75.4 Å². The first-order valence-electron chi connectivity index (χ1n) is 6.66. The number of nitrogens with zero attached hydrogens (tertiary/aromatic N) is 1. The second-order valence-corrected chi connectivity index (χ2v) is 5.42. The van der Waals surface area contributed by atoms with E-state index >= 15 is 0 Å². The van der Waals surface area contributed by atoms with Crippen molar-refractivity contribution in [1.82, 2.24) is 4.90 Å². The number of amides is 2. The maximum Gasteiger partial charge on any atom is 0.241 e. The number of nitrogens with two attached hydrogens (primary N) is 1. The first-order chi connectivity index (χ1) is 9.31. The number of carbonyl (C=O) groups is 2. The zero-order chi connectivity index (χ0) is 15.3. The molecule has 0 aliphatic carbocycles. The van der Waals surface area contributed by atoms with Crippen LogP contribution in [0.1, 0.15) is 19.4 Å². The number of hydrogen-bond donors (Lipinski definition) is 2. The van der Waals surface area contributed by atoms with E-state index < -0.39 is 6.04 Å². The van der Waals surface area contributed by atoms with Crippen LogP contribution in [0.2, 0.25) is 0 Å². The molecule has 0 radical (unpaired) electrons. The van der Waals surface area contributed by atoms with Crippen molar-refractivity contribution in [3.8, 4) is 0 Å². The molecule has 0 saturated heterocycles.